The molecule has 0 spiro atoms. The van der Waals surface area contributed by atoms with E-state index in [1.54, 1.807) is 13.2 Å². The minimum Gasteiger partial charge on any atom is -0.469 e. The van der Waals surface area contributed by atoms with Crippen LogP contribution in [0.25, 0.3) is 0 Å². The first kappa shape index (κ1) is 15.1. The molecule has 0 aromatic carbocycles. The second kappa shape index (κ2) is 6.14. The zero-order chi connectivity index (χ0) is 15.6. The monoisotopic (exact) mass is 320 g/mol. The fourth-order valence-electron chi connectivity index (χ4n) is 2.77. The highest BCUT2D eigenvalue weighted by molar-refractivity contribution is 7.08. The van der Waals surface area contributed by atoms with Crippen molar-refractivity contribution in [2.24, 2.45) is 0 Å². The summed E-state index contributed by atoms with van der Waals surface area (Å²) in [5, 5.41) is 19.9. The molecule has 2 aromatic heterocycles. The Balaban J connectivity index is 1.56. The number of hydrogen-bond acceptors (Lipinski definition) is 4. The molecule has 118 valence electrons. The molecule has 3 rings (SSSR count). The highest BCUT2D eigenvalue weighted by Gasteiger charge is 2.27. The van der Waals surface area contributed by atoms with Crippen LogP contribution >= 0.6 is 11.3 Å². The van der Waals surface area contributed by atoms with E-state index >= 15 is 0 Å². The predicted octanol–water partition coefficient (Wildman–Crippen LogP) is 2.93. The molecule has 2 unspecified atom stereocenters. The number of nitrogens with one attached hydrogen (secondary N) is 2. The van der Waals surface area contributed by atoms with Crippen molar-refractivity contribution in [1.82, 2.24) is 10.6 Å². The van der Waals surface area contributed by atoms with Gasteiger partial charge in [0.2, 0.25) is 0 Å². The molecule has 0 saturated carbocycles. The van der Waals surface area contributed by atoms with Crippen molar-refractivity contribution < 1.29 is 14.3 Å². The molecule has 1 aliphatic rings. The van der Waals surface area contributed by atoms with E-state index in [1.165, 1.54) is 11.3 Å². The lowest BCUT2D eigenvalue weighted by Crippen LogP contribution is -2.44. The van der Waals surface area contributed by atoms with Crippen molar-refractivity contribution in [3.05, 3.63) is 46.0 Å². The van der Waals surface area contributed by atoms with Crippen LogP contribution in [0.1, 0.15) is 42.7 Å². The van der Waals surface area contributed by atoms with Crippen LogP contribution in [-0.2, 0) is 12.0 Å². The molecule has 6 heteroatoms. The number of hydrogen-bond donors (Lipinski definition) is 3. The van der Waals surface area contributed by atoms with Gasteiger partial charge in [0.1, 0.15) is 11.4 Å². The Morgan fingerprint density at radius 2 is 2.41 bits per heavy atom. The molecule has 2 aromatic rings. The average molecular weight is 320 g/mol. The topological polar surface area (TPSA) is 74.5 Å². The van der Waals surface area contributed by atoms with Gasteiger partial charge >= 0.3 is 6.03 Å². The van der Waals surface area contributed by atoms with Crippen LogP contribution in [0.5, 0.6) is 0 Å². The van der Waals surface area contributed by atoms with Gasteiger partial charge in [0.25, 0.3) is 0 Å². The van der Waals surface area contributed by atoms with Crippen molar-refractivity contribution in [3.63, 3.8) is 0 Å². The molecule has 5 nitrogen and oxygen atoms in total. The first-order valence-corrected chi connectivity index (χ1v) is 8.36. The molecule has 3 N–H and O–H groups in total. The maximum Gasteiger partial charge on any atom is 0.315 e. The van der Waals surface area contributed by atoms with E-state index in [9.17, 15) is 9.90 Å². The summed E-state index contributed by atoms with van der Waals surface area (Å²) in [4.78, 5) is 12.1. The lowest BCUT2D eigenvalue weighted by Gasteiger charge is -2.26. The molecule has 0 bridgehead atoms. The van der Waals surface area contributed by atoms with E-state index in [4.69, 9.17) is 4.42 Å². The number of furan rings is 1. The molecule has 0 saturated heterocycles. The molecule has 0 fully saturated rings. The molecule has 2 heterocycles. The first-order valence-electron chi connectivity index (χ1n) is 7.42. The number of carbonyl (C=O) groups is 1. The van der Waals surface area contributed by atoms with E-state index in [-0.39, 0.29) is 18.6 Å². The van der Waals surface area contributed by atoms with E-state index < -0.39 is 5.60 Å². The minimum absolute atomic E-state index is 0.0198. The van der Waals surface area contributed by atoms with Crippen LogP contribution < -0.4 is 10.6 Å². The Bertz CT molecular complexity index is 634. The van der Waals surface area contributed by atoms with E-state index in [0.29, 0.717) is 0 Å². The Hall–Kier alpha value is -1.79. The summed E-state index contributed by atoms with van der Waals surface area (Å²) in [7, 11) is 0. The third-order valence-electron chi connectivity index (χ3n) is 4.09. The number of fused-ring (bicyclic) bond motifs is 1. The lowest BCUT2D eigenvalue weighted by atomic mass is 9.93. The Labute approximate surface area is 133 Å². The van der Waals surface area contributed by atoms with Gasteiger partial charge < -0.3 is 20.2 Å². The second-order valence-electron chi connectivity index (χ2n) is 5.86. The van der Waals surface area contributed by atoms with Crippen molar-refractivity contribution in [2.45, 2.75) is 37.8 Å². The van der Waals surface area contributed by atoms with E-state index in [1.807, 2.05) is 22.9 Å². The molecule has 0 radical (unpaired) electrons. The largest absolute Gasteiger partial charge is 0.469 e. The summed E-state index contributed by atoms with van der Waals surface area (Å²) >= 11 is 1.52. The van der Waals surface area contributed by atoms with Crippen LogP contribution in [0, 0.1) is 0 Å². The lowest BCUT2D eigenvalue weighted by molar-refractivity contribution is 0.0596. The number of rotatable bonds is 4. The summed E-state index contributed by atoms with van der Waals surface area (Å²) in [6, 6.07) is 3.49. The highest BCUT2D eigenvalue weighted by Crippen LogP contribution is 2.30. The number of aryl methyl sites for hydroxylation is 1. The van der Waals surface area contributed by atoms with Gasteiger partial charge in [0.05, 0.1) is 18.8 Å². The summed E-state index contributed by atoms with van der Waals surface area (Å²) in [6.07, 6.45) is 4.50. The van der Waals surface area contributed by atoms with Crippen LogP contribution in [0.3, 0.4) is 0 Å². The van der Waals surface area contributed by atoms with Crippen molar-refractivity contribution in [2.75, 3.05) is 6.54 Å². The molecular weight excluding hydrogens is 300 g/mol. The maximum atomic E-state index is 12.1. The van der Waals surface area contributed by atoms with Gasteiger partial charge in [0.15, 0.2) is 0 Å². The second-order valence-corrected chi connectivity index (χ2v) is 6.64. The van der Waals surface area contributed by atoms with Crippen LogP contribution in [-0.4, -0.2) is 17.7 Å². The molecule has 22 heavy (non-hydrogen) atoms. The quantitative estimate of drug-likeness (QED) is 0.811. The van der Waals surface area contributed by atoms with Gasteiger partial charge in [-0.25, -0.2) is 4.79 Å². The van der Waals surface area contributed by atoms with Gasteiger partial charge in [-0.1, -0.05) is 0 Å². The number of aliphatic hydroxyl groups is 1. The number of carbonyl (C=O) groups excluding carboxylic acids is 1. The van der Waals surface area contributed by atoms with Gasteiger partial charge in [-0.05, 0) is 48.2 Å². The summed E-state index contributed by atoms with van der Waals surface area (Å²) in [6.45, 7) is 1.87. The third kappa shape index (κ3) is 3.18. The van der Waals surface area contributed by atoms with E-state index in [0.717, 1.165) is 36.1 Å². The molecule has 1 aliphatic carbocycles. The van der Waals surface area contributed by atoms with Gasteiger partial charge in [-0.15, -0.1) is 0 Å². The molecule has 2 amide bonds. The average Bonchev–Trinajstić information content (AvgIpc) is 3.17. The minimum atomic E-state index is -1.06. The van der Waals surface area contributed by atoms with E-state index in [2.05, 4.69) is 10.6 Å². The van der Waals surface area contributed by atoms with Gasteiger partial charge in [-0.3, -0.25) is 0 Å². The zero-order valence-corrected chi connectivity index (χ0v) is 13.3. The van der Waals surface area contributed by atoms with Crippen LogP contribution in [0.15, 0.2) is 33.6 Å². The summed E-state index contributed by atoms with van der Waals surface area (Å²) in [5.74, 6) is 0.960. The molecule has 2 atom stereocenters. The normalized spacial score (nSPS) is 20.0. The van der Waals surface area contributed by atoms with Gasteiger partial charge in [0, 0.05) is 12.0 Å². The SMILES string of the molecule is CC(O)(CNC(=O)NC1CCCc2occc21)c1ccsc1. The fraction of sp³-hybridized carbons (Fsp3) is 0.438. The maximum absolute atomic E-state index is 12.1. The zero-order valence-electron chi connectivity index (χ0n) is 12.5. The Morgan fingerprint density at radius 3 is 3.18 bits per heavy atom. The Kier molecular flexibility index (Phi) is 4.22. The third-order valence-corrected chi connectivity index (χ3v) is 4.78. The summed E-state index contributed by atoms with van der Waals surface area (Å²) < 4.78 is 5.42. The summed E-state index contributed by atoms with van der Waals surface area (Å²) in [5.41, 5.74) is 0.809. The van der Waals surface area contributed by atoms with Crippen molar-refractivity contribution in [3.8, 4) is 0 Å². The Morgan fingerprint density at radius 1 is 1.55 bits per heavy atom. The smallest absolute Gasteiger partial charge is 0.315 e. The first-order chi connectivity index (χ1) is 10.6. The van der Waals surface area contributed by atoms with Crippen molar-refractivity contribution in [1.29, 1.82) is 0 Å². The fourth-order valence-corrected chi connectivity index (χ4v) is 3.55. The molecular formula is C16H20N2O3S. The number of amides is 2. The van der Waals surface area contributed by atoms with Crippen LogP contribution in [0.2, 0.25) is 0 Å². The standard InChI is InChI=1S/C16H20N2O3S/c1-16(20,11-6-8-22-9-11)10-17-15(19)18-13-3-2-4-14-12(13)5-7-21-14/h5-9,13,20H,2-4,10H2,1H3,(H2,17,18,19). The highest BCUT2D eigenvalue weighted by atomic mass is 32.1. The van der Waals surface area contributed by atoms with Crippen molar-refractivity contribution >= 4 is 17.4 Å². The predicted molar refractivity (Wildman–Crippen MR) is 84.8 cm³/mol. The molecule has 0 aliphatic heterocycles. The van der Waals surface area contributed by atoms with Gasteiger partial charge in [-0.2, -0.15) is 11.3 Å². The van der Waals surface area contributed by atoms with Crippen LogP contribution in [0.4, 0.5) is 4.79 Å². The number of urea groups is 1. The number of thiophene rings is 1.